The summed E-state index contributed by atoms with van der Waals surface area (Å²) in [6, 6.07) is 5.56. The minimum Gasteiger partial charge on any atom is -0.346 e. The molecule has 0 amide bonds. The zero-order valence-electron chi connectivity index (χ0n) is 9.92. The van der Waals surface area contributed by atoms with Gasteiger partial charge < -0.3 is 10.3 Å². The van der Waals surface area contributed by atoms with Crippen LogP contribution in [0.2, 0.25) is 0 Å². The van der Waals surface area contributed by atoms with E-state index in [1.54, 1.807) is 13.0 Å². The van der Waals surface area contributed by atoms with Crippen molar-refractivity contribution in [1.82, 2.24) is 4.57 Å². The fraction of sp³-hybridized carbons (Fsp3) is 0.385. The first-order valence-electron chi connectivity index (χ1n) is 5.41. The number of benzene rings is 1. The Morgan fingerprint density at radius 3 is 2.62 bits per heavy atom. The minimum absolute atomic E-state index is 0.133. The van der Waals surface area contributed by atoms with Gasteiger partial charge in [0.15, 0.2) is 0 Å². The van der Waals surface area contributed by atoms with Gasteiger partial charge in [-0.1, -0.05) is 6.07 Å². The molecular formula is C13H17FN2. The van der Waals surface area contributed by atoms with Crippen molar-refractivity contribution in [2.24, 2.45) is 5.73 Å². The maximum atomic E-state index is 13.8. The van der Waals surface area contributed by atoms with E-state index in [4.69, 9.17) is 5.73 Å². The molecule has 0 atom stereocenters. The molecule has 16 heavy (non-hydrogen) atoms. The molecule has 0 spiro atoms. The number of aromatic nitrogens is 1. The Morgan fingerprint density at radius 1 is 1.31 bits per heavy atom. The smallest absolute Gasteiger partial charge is 0.135 e. The summed E-state index contributed by atoms with van der Waals surface area (Å²) in [6.07, 6.45) is 1.89. The molecule has 2 rings (SSSR count). The molecule has 0 aliphatic rings. The molecule has 0 radical (unpaired) electrons. The highest BCUT2D eigenvalue weighted by Gasteiger charge is 2.14. The van der Waals surface area contributed by atoms with Crippen LogP contribution in [-0.2, 0) is 6.54 Å². The van der Waals surface area contributed by atoms with Gasteiger partial charge in [-0.2, -0.15) is 0 Å². The molecule has 1 aromatic heterocycles. The quantitative estimate of drug-likeness (QED) is 0.829. The molecule has 1 aromatic carbocycles. The normalized spacial score (nSPS) is 12.3. The monoisotopic (exact) mass is 220 g/mol. The van der Waals surface area contributed by atoms with E-state index in [1.165, 1.54) is 0 Å². The van der Waals surface area contributed by atoms with Crippen molar-refractivity contribution in [3.05, 3.63) is 35.8 Å². The zero-order valence-corrected chi connectivity index (χ0v) is 9.92. The van der Waals surface area contributed by atoms with E-state index in [-0.39, 0.29) is 11.4 Å². The van der Waals surface area contributed by atoms with Crippen molar-refractivity contribution < 1.29 is 4.39 Å². The fourth-order valence-corrected chi connectivity index (χ4v) is 1.92. The lowest BCUT2D eigenvalue weighted by molar-refractivity contribution is 0.441. The van der Waals surface area contributed by atoms with Crippen LogP contribution in [0.15, 0.2) is 24.4 Å². The Bertz CT molecular complexity index is 520. The zero-order chi connectivity index (χ0) is 11.9. The van der Waals surface area contributed by atoms with Gasteiger partial charge in [-0.05, 0) is 38.5 Å². The second-order valence-electron chi connectivity index (χ2n) is 5.06. The number of nitrogens with zero attached hydrogens (tertiary/aromatic N) is 1. The highest BCUT2D eigenvalue weighted by atomic mass is 19.1. The fourth-order valence-electron chi connectivity index (χ4n) is 1.92. The summed E-state index contributed by atoms with van der Waals surface area (Å²) in [7, 11) is 0. The number of rotatable bonds is 2. The van der Waals surface area contributed by atoms with Crippen LogP contribution < -0.4 is 5.73 Å². The first-order valence-corrected chi connectivity index (χ1v) is 5.41. The molecule has 0 aliphatic heterocycles. The van der Waals surface area contributed by atoms with Gasteiger partial charge in [0.25, 0.3) is 0 Å². The SMILES string of the molecule is Cc1ccc2c(ccn2CC(C)(C)N)c1F. The summed E-state index contributed by atoms with van der Waals surface area (Å²) in [4.78, 5) is 0. The number of hydrogen-bond acceptors (Lipinski definition) is 1. The average molecular weight is 220 g/mol. The van der Waals surface area contributed by atoms with Gasteiger partial charge in [0, 0.05) is 23.7 Å². The predicted molar refractivity (Wildman–Crippen MR) is 64.9 cm³/mol. The Kier molecular flexibility index (Phi) is 2.50. The summed E-state index contributed by atoms with van der Waals surface area (Å²) in [5.74, 6) is -0.133. The summed E-state index contributed by atoms with van der Waals surface area (Å²) >= 11 is 0. The lowest BCUT2D eigenvalue weighted by Gasteiger charge is -2.20. The van der Waals surface area contributed by atoms with Gasteiger partial charge >= 0.3 is 0 Å². The van der Waals surface area contributed by atoms with Gasteiger partial charge in [-0.15, -0.1) is 0 Å². The summed E-state index contributed by atoms with van der Waals surface area (Å²) in [5, 5.41) is 0.671. The largest absolute Gasteiger partial charge is 0.346 e. The molecule has 2 aromatic rings. The number of fused-ring (bicyclic) bond motifs is 1. The summed E-state index contributed by atoms with van der Waals surface area (Å²) in [5.41, 5.74) is 7.26. The molecule has 0 unspecified atom stereocenters. The van der Waals surface area contributed by atoms with Crippen molar-refractivity contribution in [3.8, 4) is 0 Å². The molecule has 0 bridgehead atoms. The Balaban J connectivity index is 2.54. The van der Waals surface area contributed by atoms with E-state index in [1.807, 2.05) is 36.7 Å². The average Bonchev–Trinajstić information content (AvgIpc) is 2.53. The van der Waals surface area contributed by atoms with Crippen molar-refractivity contribution >= 4 is 10.9 Å². The Hall–Kier alpha value is -1.35. The van der Waals surface area contributed by atoms with E-state index in [2.05, 4.69) is 0 Å². The maximum absolute atomic E-state index is 13.8. The van der Waals surface area contributed by atoms with E-state index < -0.39 is 0 Å². The van der Waals surface area contributed by atoms with Gasteiger partial charge in [-0.25, -0.2) is 4.39 Å². The number of hydrogen-bond donors (Lipinski definition) is 1. The van der Waals surface area contributed by atoms with E-state index in [9.17, 15) is 4.39 Å². The Labute approximate surface area is 94.9 Å². The van der Waals surface area contributed by atoms with Crippen LogP contribution in [0.5, 0.6) is 0 Å². The highest BCUT2D eigenvalue weighted by Crippen LogP contribution is 2.22. The molecule has 2 N–H and O–H groups in total. The molecule has 0 fully saturated rings. The molecule has 0 saturated heterocycles. The number of aryl methyl sites for hydroxylation is 1. The molecule has 2 nitrogen and oxygen atoms in total. The van der Waals surface area contributed by atoms with Gasteiger partial charge in [0.1, 0.15) is 5.82 Å². The van der Waals surface area contributed by atoms with Crippen LogP contribution in [0.3, 0.4) is 0 Å². The summed E-state index contributed by atoms with van der Waals surface area (Å²) < 4.78 is 15.8. The molecule has 0 aliphatic carbocycles. The lowest BCUT2D eigenvalue weighted by Crippen LogP contribution is -2.36. The highest BCUT2D eigenvalue weighted by molar-refractivity contribution is 5.81. The van der Waals surface area contributed by atoms with Crippen LogP contribution in [0.4, 0.5) is 4.39 Å². The van der Waals surface area contributed by atoms with Crippen LogP contribution in [0.25, 0.3) is 10.9 Å². The van der Waals surface area contributed by atoms with Crippen LogP contribution in [-0.4, -0.2) is 10.1 Å². The van der Waals surface area contributed by atoms with Gasteiger partial charge in [0.05, 0.1) is 5.52 Å². The van der Waals surface area contributed by atoms with Crippen molar-refractivity contribution in [1.29, 1.82) is 0 Å². The second kappa shape index (κ2) is 3.59. The van der Waals surface area contributed by atoms with Crippen LogP contribution >= 0.6 is 0 Å². The maximum Gasteiger partial charge on any atom is 0.135 e. The second-order valence-corrected chi connectivity index (χ2v) is 5.06. The molecule has 86 valence electrons. The lowest BCUT2D eigenvalue weighted by atomic mass is 10.1. The number of halogens is 1. The molecular weight excluding hydrogens is 203 g/mol. The van der Waals surface area contributed by atoms with Crippen molar-refractivity contribution in [3.63, 3.8) is 0 Å². The molecule has 3 heteroatoms. The van der Waals surface area contributed by atoms with E-state index in [0.29, 0.717) is 17.5 Å². The third kappa shape index (κ3) is 1.95. The predicted octanol–water partition coefficient (Wildman–Crippen LogP) is 2.83. The topological polar surface area (TPSA) is 30.9 Å². The Morgan fingerprint density at radius 2 is 2.00 bits per heavy atom. The third-order valence-corrected chi connectivity index (χ3v) is 2.66. The van der Waals surface area contributed by atoms with Crippen molar-refractivity contribution in [2.45, 2.75) is 32.9 Å². The summed E-state index contributed by atoms with van der Waals surface area (Å²) in [6.45, 7) is 6.38. The number of nitrogens with two attached hydrogens (primary N) is 1. The molecule has 0 saturated carbocycles. The van der Waals surface area contributed by atoms with Crippen LogP contribution in [0, 0.1) is 12.7 Å². The molecule has 1 heterocycles. The van der Waals surface area contributed by atoms with Gasteiger partial charge in [0.2, 0.25) is 0 Å². The van der Waals surface area contributed by atoms with Crippen LogP contribution in [0.1, 0.15) is 19.4 Å². The van der Waals surface area contributed by atoms with Gasteiger partial charge in [-0.3, -0.25) is 0 Å². The standard InChI is InChI=1S/C13H17FN2/c1-9-4-5-11-10(12(9)14)6-7-16(11)8-13(2,3)15/h4-7H,8,15H2,1-3H3. The van der Waals surface area contributed by atoms with E-state index in [0.717, 1.165) is 5.52 Å². The van der Waals surface area contributed by atoms with E-state index >= 15 is 0 Å². The first kappa shape index (κ1) is 11.1. The first-order chi connectivity index (χ1) is 7.38. The minimum atomic E-state index is -0.298. The third-order valence-electron chi connectivity index (χ3n) is 2.66. The van der Waals surface area contributed by atoms with Crippen molar-refractivity contribution in [2.75, 3.05) is 0 Å².